The Morgan fingerprint density at radius 3 is 2.64 bits per heavy atom. The van der Waals surface area contributed by atoms with Crippen molar-refractivity contribution >= 4 is 12.3 Å². The molecule has 0 bridgehead atoms. The molecule has 3 unspecified atom stereocenters. The maximum atomic E-state index is 10.8. The number of aliphatic carboxylic acids is 1. The van der Waals surface area contributed by atoms with Crippen molar-refractivity contribution in [2.75, 3.05) is 6.54 Å². The molecule has 4 atom stereocenters. The molecule has 4 N–H and O–H groups in total. The molecule has 0 aromatic rings. The highest BCUT2D eigenvalue weighted by molar-refractivity contribution is 5.73. The summed E-state index contributed by atoms with van der Waals surface area (Å²) >= 11 is 0. The average molecular weight is 312 g/mol. The molecule has 0 aliphatic heterocycles. The van der Waals surface area contributed by atoms with Gasteiger partial charge in [-0.3, -0.25) is 4.79 Å². The maximum Gasteiger partial charge on any atom is 0.305 e. The summed E-state index contributed by atoms with van der Waals surface area (Å²) in [5, 5.41) is 11.6. The predicted octanol–water partition coefficient (Wildman–Crippen LogP) is 2.19. The lowest BCUT2D eigenvalue weighted by Crippen LogP contribution is -2.41. The van der Waals surface area contributed by atoms with Gasteiger partial charge < -0.3 is 21.0 Å². The minimum absolute atomic E-state index is 0.0301. The Morgan fingerprint density at radius 1 is 1.41 bits per heavy atom. The fourth-order valence-corrected chi connectivity index (χ4v) is 3.71. The molecule has 22 heavy (non-hydrogen) atoms. The van der Waals surface area contributed by atoms with Crippen molar-refractivity contribution in [2.24, 2.45) is 23.0 Å². The van der Waals surface area contributed by atoms with E-state index >= 15 is 0 Å². The molecular weight excluding hydrogens is 280 g/mol. The third-order valence-electron chi connectivity index (χ3n) is 4.88. The lowest BCUT2D eigenvalue weighted by atomic mass is 9.73. The van der Waals surface area contributed by atoms with Crippen LogP contribution in [0.2, 0.25) is 0 Å². The number of aldehydes is 1. The lowest BCUT2D eigenvalue weighted by Gasteiger charge is -2.33. The van der Waals surface area contributed by atoms with Crippen molar-refractivity contribution in [2.45, 2.75) is 71.4 Å². The fraction of sp³-hybridized carbons (Fsp3) is 0.882. The van der Waals surface area contributed by atoms with Gasteiger partial charge in [0.05, 0.1) is 12.5 Å². The van der Waals surface area contributed by atoms with Crippen LogP contribution in [0.1, 0.15) is 59.3 Å². The van der Waals surface area contributed by atoms with Crippen LogP contribution < -0.4 is 11.1 Å². The van der Waals surface area contributed by atoms with Crippen molar-refractivity contribution in [3.05, 3.63) is 0 Å². The first-order chi connectivity index (χ1) is 10.2. The van der Waals surface area contributed by atoms with Crippen molar-refractivity contribution < 1.29 is 14.7 Å². The zero-order valence-electron chi connectivity index (χ0n) is 14.2. The van der Waals surface area contributed by atoms with E-state index in [1.165, 1.54) is 19.3 Å². The van der Waals surface area contributed by atoms with Gasteiger partial charge in [0.15, 0.2) is 0 Å². The second-order valence-corrected chi connectivity index (χ2v) is 7.75. The molecule has 128 valence electrons. The van der Waals surface area contributed by atoms with Gasteiger partial charge in [-0.15, -0.1) is 0 Å². The molecule has 1 aliphatic carbocycles. The Kier molecular flexibility index (Phi) is 7.49. The molecule has 0 radical (unpaired) electrons. The third-order valence-corrected chi connectivity index (χ3v) is 4.88. The number of hydrogen-bond donors (Lipinski definition) is 3. The summed E-state index contributed by atoms with van der Waals surface area (Å²) in [7, 11) is 0. The van der Waals surface area contributed by atoms with Crippen molar-refractivity contribution in [3.8, 4) is 0 Å². The van der Waals surface area contributed by atoms with E-state index in [4.69, 9.17) is 10.8 Å². The molecule has 1 saturated carbocycles. The monoisotopic (exact) mass is 312 g/mol. The van der Waals surface area contributed by atoms with Gasteiger partial charge in [-0.05, 0) is 36.5 Å². The molecular formula is C17H32N2O3. The van der Waals surface area contributed by atoms with E-state index in [9.17, 15) is 9.59 Å². The topological polar surface area (TPSA) is 92.4 Å². The number of rotatable bonds is 9. The van der Waals surface area contributed by atoms with Crippen LogP contribution in [0.4, 0.5) is 0 Å². The maximum absolute atomic E-state index is 10.8. The van der Waals surface area contributed by atoms with Crippen molar-refractivity contribution in [1.29, 1.82) is 0 Å². The highest BCUT2D eigenvalue weighted by Crippen LogP contribution is 2.45. The number of carboxylic acids is 1. The third kappa shape index (κ3) is 6.44. The first-order valence-electron chi connectivity index (χ1n) is 8.40. The van der Waals surface area contributed by atoms with E-state index in [-0.39, 0.29) is 12.5 Å². The van der Waals surface area contributed by atoms with Gasteiger partial charge >= 0.3 is 5.97 Å². The Balaban J connectivity index is 2.32. The SMILES string of the molecule is CC(C)(C)C1CCCC1CCC(N)CN[C@@H](C=O)CC(=O)O. The van der Waals surface area contributed by atoms with Gasteiger partial charge in [-0.1, -0.05) is 33.6 Å². The molecule has 1 fully saturated rings. The number of nitrogens with two attached hydrogens (primary N) is 1. The van der Waals surface area contributed by atoms with Crippen LogP contribution in [-0.2, 0) is 9.59 Å². The second kappa shape index (κ2) is 8.63. The van der Waals surface area contributed by atoms with Gasteiger partial charge in [0, 0.05) is 12.6 Å². The van der Waals surface area contributed by atoms with Gasteiger partial charge in [0.1, 0.15) is 6.29 Å². The number of hydrogen-bond acceptors (Lipinski definition) is 4. The highest BCUT2D eigenvalue weighted by atomic mass is 16.4. The van der Waals surface area contributed by atoms with Crippen LogP contribution in [-0.4, -0.2) is 36.0 Å². The number of nitrogens with one attached hydrogen (secondary N) is 1. The molecule has 1 aliphatic rings. The summed E-state index contributed by atoms with van der Waals surface area (Å²) in [6.45, 7) is 7.44. The lowest BCUT2D eigenvalue weighted by molar-refractivity contribution is -0.138. The van der Waals surface area contributed by atoms with E-state index in [0.29, 0.717) is 18.2 Å². The number of carbonyl (C=O) groups excluding carboxylic acids is 1. The van der Waals surface area contributed by atoms with Gasteiger partial charge in [0.2, 0.25) is 0 Å². The van der Waals surface area contributed by atoms with E-state index in [1.54, 1.807) is 0 Å². The fourth-order valence-electron chi connectivity index (χ4n) is 3.71. The predicted molar refractivity (Wildman–Crippen MR) is 87.6 cm³/mol. The Labute approximate surface area is 134 Å². The normalized spacial score (nSPS) is 24.9. The number of carbonyl (C=O) groups is 2. The molecule has 5 heteroatoms. The summed E-state index contributed by atoms with van der Waals surface area (Å²) in [4.78, 5) is 21.4. The van der Waals surface area contributed by atoms with Gasteiger partial charge in [0.25, 0.3) is 0 Å². The molecule has 0 aromatic heterocycles. The largest absolute Gasteiger partial charge is 0.481 e. The van der Waals surface area contributed by atoms with E-state index in [2.05, 4.69) is 26.1 Å². The molecule has 0 spiro atoms. The van der Waals surface area contributed by atoms with Gasteiger partial charge in [-0.2, -0.15) is 0 Å². The van der Waals surface area contributed by atoms with Crippen LogP contribution in [0, 0.1) is 17.3 Å². The first kappa shape index (κ1) is 19.1. The Bertz CT molecular complexity index is 365. The quantitative estimate of drug-likeness (QED) is 0.568. The van der Waals surface area contributed by atoms with Crippen LogP contribution in [0.3, 0.4) is 0 Å². The molecule has 5 nitrogen and oxygen atoms in total. The van der Waals surface area contributed by atoms with Gasteiger partial charge in [-0.25, -0.2) is 0 Å². The minimum atomic E-state index is -0.975. The summed E-state index contributed by atoms with van der Waals surface area (Å²) in [6, 6.07) is -0.671. The van der Waals surface area contributed by atoms with E-state index in [0.717, 1.165) is 24.7 Å². The standard InChI is InChI=1S/C17H32N2O3/c1-17(2,3)15-6-4-5-12(15)7-8-13(18)10-19-14(11-20)9-16(21)22/h11-15,19H,4-10,18H2,1-3H3,(H,21,22)/t12?,13?,14-,15?/m1/s1. The summed E-state index contributed by atoms with van der Waals surface area (Å²) in [5.41, 5.74) is 6.47. The van der Waals surface area contributed by atoms with E-state index in [1.807, 2.05) is 0 Å². The summed E-state index contributed by atoms with van der Waals surface area (Å²) in [5.74, 6) is 0.534. The molecule has 0 amide bonds. The first-order valence-corrected chi connectivity index (χ1v) is 8.40. The van der Waals surface area contributed by atoms with Crippen molar-refractivity contribution in [1.82, 2.24) is 5.32 Å². The highest BCUT2D eigenvalue weighted by Gasteiger charge is 2.35. The second-order valence-electron chi connectivity index (χ2n) is 7.75. The van der Waals surface area contributed by atoms with E-state index < -0.39 is 12.0 Å². The smallest absolute Gasteiger partial charge is 0.305 e. The summed E-state index contributed by atoms with van der Waals surface area (Å²) < 4.78 is 0. The molecule has 0 saturated heterocycles. The number of carboxylic acid groups (broad SMARTS) is 1. The molecule has 1 rings (SSSR count). The zero-order chi connectivity index (χ0) is 16.8. The van der Waals surface area contributed by atoms with Crippen LogP contribution in [0.25, 0.3) is 0 Å². The Hall–Kier alpha value is -0.940. The Morgan fingerprint density at radius 2 is 2.09 bits per heavy atom. The van der Waals surface area contributed by atoms with Crippen LogP contribution >= 0.6 is 0 Å². The zero-order valence-corrected chi connectivity index (χ0v) is 14.2. The van der Waals surface area contributed by atoms with Crippen LogP contribution in [0.15, 0.2) is 0 Å². The van der Waals surface area contributed by atoms with Crippen LogP contribution in [0.5, 0.6) is 0 Å². The molecule has 0 heterocycles. The average Bonchev–Trinajstić information content (AvgIpc) is 2.89. The minimum Gasteiger partial charge on any atom is -0.481 e. The van der Waals surface area contributed by atoms with Crippen molar-refractivity contribution in [3.63, 3.8) is 0 Å². The molecule has 0 aromatic carbocycles. The summed E-state index contributed by atoms with van der Waals surface area (Å²) in [6.07, 6.45) is 6.41.